The highest BCUT2D eigenvalue weighted by Gasteiger charge is 2.04. The second kappa shape index (κ2) is 4.16. The predicted molar refractivity (Wildman–Crippen MR) is 70.2 cm³/mol. The molecule has 0 saturated carbocycles. The van der Waals surface area contributed by atoms with Crippen molar-refractivity contribution < 1.29 is 5.11 Å². The van der Waals surface area contributed by atoms with Crippen LogP contribution in [0.15, 0.2) is 48.8 Å². The van der Waals surface area contributed by atoms with Gasteiger partial charge in [-0.2, -0.15) is 0 Å². The fourth-order valence-electron chi connectivity index (χ4n) is 1.93. The number of phenolic OH excluding ortho intramolecular Hbond substituents is 1. The van der Waals surface area contributed by atoms with E-state index in [0.29, 0.717) is 6.54 Å². The van der Waals surface area contributed by atoms with Gasteiger partial charge in [-0.3, -0.25) is 0 Å². The zero-order valence-electron chi connectivity index (χ0n) is 9.74. The Morgan fingerprint density at radius 1 is 1.06 bits per heavy atom. The third-order valence-electron chi connectivity index (χ3n) is 2.91. The fraction of sp³-hybridized carbons (Fsp3) is 0.0714. The first-order valence-corrected chi connectivity index (χ1v) is 5.73. The second-order valence-electron chi connectivity index (χ2n) is 4.18. The van der Waals surface area contributed by atoms with Crippen LogP contribution in [0.2, 0.25) is 0 Å². The SMILES string of the molecule is NCc1ccc2nc(-c3ccc(O)cc3)cn2c1. The largest absolute Gasteiger partial charge is 0.508 e. The van der Waals surface area contributed by atoms with Gasteiger partial charge >= 0.3 is 0 Å². The molecule has 0 aliphatic heterocycles. The molecule has 0 bridgehead atoms. The number of hydrogen-bond donors (Lipinski definition) is 2. The summed E-state index contributed by atoms with van der Waals surface area (Å²) >= 11 is 0. The minimum absolute atomic E-state index is 0.257. The number of nitrogens with two attached hydrogens (primary N) is 1. The molecule has 2 aromatic heterocycles. The maximum absolute atomic E-state index is 9.27. The summed E-state index contributed by atoms with van der Waals surface area (Å²) in [6, 6.07) is 10.9. The van der Waals surface area contributed by atoms with Crippen molar-refractivity contribution in [3.05, 3.63) is 54.4 Å². The first-order valence-electron chi connectivity index (χ1n) is 5.73. The van der Waals surface area contributed by atoms with Gasteiger partial charge in [-0.25, -0.2) is 4.98 Å². The third kappa shape index (κ3) is 1.83. The summed E-state index contributed by atoms with van der Waals surface area (Å²) in [5, 5.41) is 9.27. The van der Waals surface area contributed by atoms with Crippen LogP contribution < -0.4 is 5.73 Å². The van der Waals surface area contributed by atoms with Crippen molar-refractivity contribution in [2.24, 2.45) is 5.73 Å². The van der Waals surface area contributed by atoms with Gasteiger partial charge in [-0.1, -0.05) is 6.07 Å². The Balaban J connectivity index is 2.10. The maximum Gasteiger partial charge on any atom is 0.137 e. The molecule has 0 saturated heterocycles. The van der Waals surface area contributed by atoms with Crippen LogP contribution in [-0.2, 0) is 6.54 Å². The Morgan fingerprint density at radius 2 is 1.83 bits per heavy atom. The molecular weight excluding hydrogens is 226 g/mol. The minimum Gasteiger partial charge on any atom is -0.508 e. The molecule has 90 valence electrons. The van der Waals surface area contributed by atoms with Gasteiger partial charge in [-0.05, 0) is 35.9 Å². The van der Waals surface area contributed by atoms with Crippen LogP contribution in [0.3, 0.4) is 0 Å². The monoisotopic (exact) mass is 239 g/mol. The second-order valence-corrected chi connectivity index (χ2v) is 4.18. The summed E-state index contributed by atoms with van der Waals surface area (Å²) in [5.74, 6) is 0.257. The number of nitrogens with zero attached hydrogens (tertiary/aromatic N) is 2. The Kier molecular flexibility index (Phi) is 2.50. The molecule has 3 aromatic rings. The van der Waals surface area contributed by atoms with Crippen molar-refractivity contribution in [2.75, 3.05) is 0 Å². The molecule has 0 spiro atoms. The number of benzene rings is 1. The van der Waals surface area contributed by atoms with Crippen LogP contribution in [0, 0.1) is 0 Å². The number of imidazole rings is 1. The summed E-state index contributed by atoms with van der Waals surface area (Å²) < 4.78 is 1.96. The summed E-state index contributed by atoms with van der Waals surface area (Å²) in [5.41, 5.74) is 9.42. The zero-order valence-corrected chi connectivity index (χ0v) is 9.74. The normalized spacial score (nSPS) is 10.9. The van der Waals surface area contributed by atoms with E-state index in [9.17, 15) is 5.11 Å². The first-order chi connectivity index (χ1) is 8.76. The van der Waals surface area contributed by atoms with Gasteiger partial charge in [0, 0.05) is 24.5 Å². The van der Waals surface area contributed by atoms with Crippen LogP contribution in [0.5, 0.6) is 5.75 Å². The molecule has 0 atom stereocenters. The fourth-order valence-corrected chi connectivity index (χ4v) is 1.93. The third-order valence-corrected chi connectivity index (χ3v) is 2.91. The molecule has 4 nitrogen and oxygen atoms in total. The standard InChI is InChI=1S/C14H13N3O/c15-7-10-1-6-14-16-13(9-17(14)8-10)11-2-4-12(18)5-3-11/h1-6,8-9,18H,7,15H2. The summed E-state index contributed by atoms with van der Waals surface area (Å²) in [6.45, 7) is 0.517. The number of aromatic nitrogens is 2. The number of phenols is 1. The molecule has 2 heterocycles. The lowest BCUT2D eigenvalue weighted by Gasteiger charge is -1.96. The topological polar surface area (TPSA) is 63.5 Å². The van der Waals surface area contributed by atoms with Crippen LogP contribution in [0.4, 0.5) is 0 Å². The smallest absolute Gasteiger partial charge is 0.137 e. The van der Waals surface area contributed by atoms with Gasteiger partial charge in [0.1, 0.15) is 11.4 Å². The van der Waals surface area contributed by atoms with E-state index in [-0.39, 0.29) is 5.75 Å². The van der Waals surface area contributed by atoms with Gasteiger partial charge in [0.05, 0.1) is 5.69 Å². The summed E-state index contributed by atoms with van der Waals surface area (Å²) in [6.07, 6.45) is 3.94. The van der Waals surface area contributed by atoms with Gasteiger partial charge < -0.3 is 15.2 Å². The van der Waals surface area contributed by atoms with Gasteiger partial charge in [-0.15, -0.1) is 0 Å². The average molecular weight is 239 g/mol. The summed E-state index contributed by atoms with van der Waals surface area (Å²) in [7, 11) is 0. The number of aromatic hydroxyl groups is 1. The number of fused-ring (bicyclic) bond motifs is 1. The van der Waals surface area contributed by atoms with E-state index in [1.54, 1.807) is 12.1 Å². The number of pyridine rings is 1. The Labute approximate surface area is 104 Å². The highest BCUT2D eigenvalue weighted by Crippen LogP contribution is 2.21. The molecule has 0 radical (unpaired) electrons. The number of hydrogen-bond acceptors (Lipinski definition) is 3. The quantitative estimate of drug-likeness (QED) is 0.720. The van der Waals surface area contributed by atoms with Crippen LogP contribution in [0.1, 0.15) is 5.56 Å². The van der Waals surface area contributed by atoms with Gasteiger partial charge in [0.2, 0.25) is 0 Å². The van der Waals surface area contributed by atoms with Crippen molar-refractivity contribution in [1.29, 1.82) is 0 Å². The molecule has 0 fully saturated rings. The Hall–Kier alpha value is -2.33. The van der Waals surface area contributed by atoms with E-state index in [1.807, 2.05) is 41.1 Å². The highest BCUT2D eigenvalue weighted by molar-refractivity contribution is 5.63. The highest BCUT2D eigenvalue weighted by atomic mass is 16.3. The predicted octanol–water partition coefficient (Wildman–Crippen LogP) is 2.17. The molecule has 0 aliphatic rings. The van der Waals surface area contributed by atoms with Crippen molar-refractivity contribution in [3.8, 4) is 17.0 Å². The summed E-state index contributed by atoms with van der Waals surface area (Å²) in [4.78, 5) is 4.53. The lowest BCUT2D eigenvalue weighted by molar-refractivity contribution is 0.475. The van der Waals surface area contributed by atoms with E-state index in [2.05, 4.69) is 4.98 Å². The molecule has 1 aromatic carbocycles. The molecule has 3 N–H and O–H groups in total. The lowest BCUT2D eigenvalue weighted by Crippen LogP contribution is -1.97. The van der Waals surface area contributed by atoms with E-state index >= 15 is 0 Å². The Morgan fingerprint density at radius 3 is 2.56 bits per heavy atom. The zero-order chi connectivity index (χ0) is 12.5. The molecule has 3 rings (SSSR count). The van der Waals surface area contributed by atoms with Crippen molar-refractivity contribution in [1.82, 2.24) is 9.38 Å². The molecular formula is C14H13N3O. The molecule has 4 heteroatoms. The molecule has 18 heavy (non-hydrogen) atoms. The molecule has 0 unspecified atom stereocenters. The number of rotatable bonds is 2. The minimum atomic E-state index is 0.257. The van der Waals surface area contributed by atoms with E-state index in [0.717, 1.165) is 22.5 Å². The van der Waals surface area contributed by atoms with Crippen LogP contribution in [-0.4, -0.2) is 14.5 Å². The van der Waals surface area contributed by atoms with Gasteiger partial charge in [0.25, 0.3) is 0 Å². The lowest BCUT2D eigenvalue weighted by atomic mass is 10.2. The van der Waals surface area contributed by atoms with E-state index in [4.69, 9.17) is 5.73 Å². The van der Waals surface area contributed by atoms with E-state index in [1.165, 1.54) is 0 Å². The van der Waals surface area contributed by atoms with Crippen molar-refractivity contribution in [2.45, 2.75) is 6.54 Å². The first kappa shape index (κ1) is 10.8. The maximum atomic E-state index is 9.27. The van der Waals surface area contributed by atoms with Crippen molar-refractivity contribution in [3.63, 3.8) is 0 Å². The van der Waals surface area contributed by atoms with Gasteiger partial charge in [0.15, 0.2) is 0 Å². The van der Waals surface area contributed by atoms with Crippen molar-refractivity contribution >= 4 is 5.65 Å². The average Bonchev–Trinajstić information content (AvgIpc) is 2.82. The molecule has 0 aliphatic carbocycles. The molecule has 0 amide bonds. The van der Waals surface area contributed by atoms with Crippen LogP contribution in [0.25, 0.3) is 16.9 Å². The van der Waals surface area contributed by atoms with Crippen LogP contribution >= 0.6 is 0 Å². The van der Waals surface area contributed by atoms with E-state index < -0.39 is 0 Å². The Bertz CT molecular complexity index is 686.